The number of thioether (sulfide) groups is 1. The summed E-state index contributed by atoms with van der Waals surface area (Å²) in [6.45, 7) is 6.14. The molecular formula is C23H23BrN4O2S. The first-order valence-corrected chi connectivity index (χ1v) is 12.0. The van der Waals surface area contributed by atoms with Gasteiger partial charge in [0.1, 0.15) is 0 Å². The van der Waals surface area contributed by atoms with Crippen LogP contribution in [0.5, 0.6) is 5.88 Å². The summed E-state index contributed by atoms with van der Waals surface area (Å²) in [5.74, 6) is 1.72. The fraction of sp³-hybridized carbons (Fsp3) is 0.304. The Morgan fingerprint density at radius 2 is 1.90 bits per heavy atom. The molecule has 0 N–H and O–H groups in total. The number of aromatic nitrogens is 3. The van der Waals surface area contributed by atoms with Crippen molar-refractivity contribution in [2.24, 2.45) is 5.92 Å². The number of amides is 1. The van der Waals surface area contributed by atoms with E-state index in [9.17, 15) is 4.79 Å². The molecule has 1 atom stereocenters. The normalized spacial score (nSPS) is 15.1. The molecule has 160 valence electrons. The summed E-state index contributed by atoms with van der Waals surface area (Å²) < 4.78 is 7.37. The Morgan fingerprint density at radius 1 is 1.16 bits per heavy atom. The highest BCUT2D eigenvalue weighted by Crippen LogP contribution is 2.43. The lowest BCUT2D eigenvalue weighted by molar-refractivity contribution is -0.120. The molecule has 0 radical (unpaired) electrons. The molecule has 0 bridgehead atoms. The van der Waals surface area contributed by atoms with Crippen molar-refractivity contribution in [2.45, 2.75) is 38.6 Å². The molecule has 31 heavy (non-hydrogen) atoms. The standard InChI is InChI=1S/C23H23BrN4O2S/c1-4-19(29)28-18-8-6-5-7-17(18)20-21(25-23(27-26-20)31-13-14(2)3)30-22(28)15-9-11-16(24)12-10-15/h5-12,14,22H,4,13H2,1-3H3/t22-/m1/s1. The fourth-order valence-corrected chi connectivity index (χ4v) is 4.29. The van der Waals surface area contributed by atoms with Gasteiger partial charge in [-0.25, -0.2) is 0 Å². The van der Waals surface area contributed by atoms with Crippen LogP contribution in [-0.4, -0.2) is 26.8 Å². The minimum atomic E-state index is -0.664. The molecule has 6 nitrogen and oxygen atoms in total. The third-order valence-electron chi connectivity index (χ3n) is 4.78. The van der Waals surface area contributed by atoms with Gasteiger partial charge < -0.3 is 4.74 Å². The van der Waals surface area contributed by atoms with E-state index in [0.29, 0.717) is 29.1 Å². The lowest BCUT2D eigenvalue weighted by Gasteiger charge is -2.30. The van der Waals surface area contributed by atoms with Gasteiger partial charge in [-0.3, -0.25) is 9.69 Å². The Labute approximate surface area is 194 Å². The van der Waals surface area contributed by atoms with Crippen LogP contribution in [0.25, 0.3) is 11.3 Å². The van der Waals surface area contributed by atoms with Gasteiger partial charge in [-0.15, -0.1) is 10.2 Å². The van der Waals surface area contributed by atoms with Crippen molar-refractivity contribution in [1.29, 1.82) is 0 Å². The third-order valence-corrected chi connectivity index (χ3v) is 6.58. The van der Waals surface area contributed by atoms with Crippen molar-refractivity contribution >= 4 is 39.3 Å². The van der Waals surface area contributed by atoms with Crippen molar-refractivity contribution in [3.8, 4) is 17.1 Å². The molecule has 2 aromatic carbocycles. The first kappa shape index (κ1) is 21.8. The Hall–Kier alpha value is -2.45. The second-order valence-electron chi connectivity index (χ2n) is 7.61. The van der Waals surface area contributed by atoms with Gasteiger partial charge >= 0.3 is 0 Å². The molecule has 2 heterocycles. The van der Waals surface area contributed by atoms with Crippen molar-refractivity contribution < 1.29 is 9.53 Å². The molecule has 8 heteroatoms. The average Bonchev–Trinajstić information content (AvgIpc) is 2.92. The highest BCUT2D eigenvalue weighted by Gasteiger charge is 2.35. The summed E-state index contributed by atoms with van der Waals surface area (Å²) in [7, 11) is 0. The Bertz CT molecular complexity index is 1090. The topological polar surface area (TPSA) is 68.2 Å². The first-order chi connectivity index (χ1) is 15.0. The van der Waals surface area contributed by atoms with Crippen molar-refractivity contribution in [1.82, 2.24) is 15.2 Å². The number of anilines is 1. The monoisotopic (exact) mass is 498 g/mol. The number of nitrogens with zero attached hydrogens (tertiary/aromatic N) is 4. The van der Waals surface area contributed by atoms with Crippen LogP contribution in [0.1, 0.15) is 39.0 Å². The second kappa shape index (κ2) is 9.36. The predicted molar refractivity (Wildman–Crippen MR) is 126 cm³/mol. The minimum Gasteiger partial charge on any atom is -0.447 e. The molecule has 1 aromatic heterocycles. The molecule has 0 saturated carbocycles. The van der Waals surface area contributed by atoms with E-state index in [4.69, 9.17) is 4.74 Å². The molecule has 0 fully saturated rings. The number of rotatable bonds is 5. The lowest BCUT2D eigenvalue weighted by Crippen LogP contribution is -2.37. The summed E-state index contributed by atoms with van der Waals surface area (Å²) in [6.07, 6.45) is -0.321. The van der Waals surface area contributed by atoms with Crippen LogP contribution >= 0.6 is 27.7 Å². The van der Waals surface area contributed by atoms with Gasteiger partial charge in [0.15, 0.2) is 5.69 Å². The SMILES string of the molecule is CCC(=O)N1c2ccccc2-c2nnc(SCC(C)C)nc2O[C@@H]1c1ccc(Br)cc1. The van der Waals surface area contributed by atoms with Gasteiger partial charge in [0.05, 0.1) is 5.69 Å². The third kappa shape index (κ3) is 4.60. The molecule has 3 aromatic rings. The number of hydrogen-bond donors (Lipinski definition) is 0. The Morgan fingerprint density at radius 3 is 2.61 bits per heavy atom. The number of benzene rings is 2. The summed E-state index contributed by atoms with van der Waals surface area (Å²) in [4.78, 5) is 19.5. The number of hydrogen-bond acceptors (Lipinski definition) is 6. The summed E-state index contributed by atoms with van der Waals surface area (Å²) in [6, 6.07) is 15.4. The number of carbonyl (C=O) groups is 1. The maximum atomic E-state index is 13.1. The Balaban J connectivity index is 1.87. The van der Waals surface area contributed by atoms with Gasteiger partial charge in [-0.05, 0) is 24.1 Å². The number of para-hydroxylation sites is 1. The maximum Gasteiger partial charge on any atom is 0.247 e. The fourth-order valence-electron chi connectivity index (χ4n) is 3.30. The molecule has 1 aliphatic heterocycles. The van der Waals surface area contributed by atoms with Gasteiger partial charge in [0.25, 0.3) is 0 Å². The molecule has 1 amide bonds. The molecular weight excluding hydrogens is 476 g/mol. The van der Waals surface area contributed by atoms with Gasteiger partial charge in [-0.1, -0.05) is 78.8 Å². The maximum absolute atomic E-state index is 13.1. The van der Waals surface area contributed by atoms with Crippen molar-refractivity contribution in [3.63, 3.8) is 0 Å². The van der Waals surface area contributed by atoms with E-state index in [1.54, 1.807) is 16.7 Å². The number of ether oxygens (including phenoxy) is 1. The zero-order chi connectivity index (χ0) is 22.0. The van der Waals surface area contributed by atoms with E-state index >= 15 is 0 Å². The second-order valence-corrected chi connectivity index (χ2v) is 9.51. The molecule has 0 unspecified atom stereocenters. The highest BCUT2D eigenvalue weighted by molar-refractivity contribution is 9.10. The molecule has 0 aliphatic carbocycles. The number of fused-ring (bicyclic) bond motifs is 3. The van der Waals surface area contributed by atoms with Crippen LogP contribution in [-0.2, 0) is 4.79 Å². The molecule has 4 rings (SSSR count). The zero-order valence-electron chi connectivity index (χ0n) is 17.6. The van der Waals surface area contributed by atoms with Crippen LogP contribution in [0.4, 0.5) is 5.69 Å². The van der Waals surface area contributed by atoms with Crippen molar-refractivity contribution in [2.75, 3.05) is 10.7 Å². The largest absolute Gasteiger partial charge is 0.447 e. The van der Waals surface area contributed by atoms with E-state index in [0.717, 1.165) is 27.0 Å². The zero-order valence-corrected chi connectivity index (χ0v) is 20.0. The molecule has 1 aliphatic rings. The predicted octanol–water partition coefficient (Wildman–Crippen LogP) is 5.88. The van der Waals surface area contributed by atoms with E-state index in [1.807, 2.05) is 55.5 Å². The van der Waals surface area contributed by atoms with Crippen LogP contribution < -0.4 is 9.64 Å². The van der Waals surface area contributed by atoms with Crippen LogP contribution in [0.2, 0.25) is 0 Å². The highest BCUT2D eigenvalue weighted by atomic mass is 79.9. The molecule has 0 saturated heterocycles. The van der Waals surface area contributed by atoms with Gasteiger partial charge in [0, 0.05) is 27.8 Å². The van der Waals surface area contributed by atoms with Crippen LogP contribution in [0.3, 0.4) is 0 Å². The van der Waals surface area contributed by atoms with E-state index in [1.165, 1.54) is 0 Å². The van der Waals surface area contributed by atoms with E-state index in [-0.39, 0.29) is 5.91 Å². The average molecular weight is 499 g/mol. The Kier molecular flexibility index (Phi) is 6.57. The van der Waals surface area contributed by atoms with E-state index in [2.05, 4.69) is 45.0 Å². The minimum absolute atomic E-state index is 0.0458. The lowest BCUT2D eigenvalue weighted by atomic mass is 10.1. The van der Waals surface area contributed by atoms with Gasteiger partial charge in [-0.2, -0.15) is 4.98 Å². The summed E-state index contributed by atoms with van der Waals surface area (Å²) in [5, 5.41) is 9.34. The van der Waals surface area contributed by atoms with E-state index < -0.39 is 6.23 Å². The van der Waals surface area contributed by atoms with Crippen molar-refractivity contribution in [3.05, 3.63) is 58.6 Å². The summed E-state index contributed by atoms with van der Waals surface area (Å²) in [5.41, 5.74) is 2.90. The summed E-state index contributed by atoms with van der Waals surface area (Å²) >= 11 is 5.03. The first-order valence-electron chi connectivity index (χ1n) is 10.2. The van der Waals surface area contributed by atoms with Crippen LogP contribution in [0.15, 0.2) is 58.2 Å². The number of carbonyl (C=O) groups excluding carboxylic acids is 1. The quantitative estimate of drug-likeness (QED) is 0.408. The van der Waals surface area contributed by atoms with Crippen LogP contribution in [0, 0.1) is 5.92 Å². The van der Waals surface area contributed by atoms with Gasteiger partial charge in [0.2, 0.25) is 23.2 Å². The molecule has 0 spiro atoms. The smallest absolute Gasteiger partial charge is 0.247 e. The number of halogens is 1.